The molecule has 3 N–H and O–H groups in total. The van der Waals surface area contributed by atoms with Gasteiger partial charge in [-0.1, -0.05) is 121 Å². The highest BCUT2D eigenvalue weighted by atomic mass is 16.6. The van der Waals surface area contributed by atoms with Crippen LogP contribution in [0.15, 0.2) is 164 Å². The second-order valence-corrected chi connectivity index (χ2v) is 15.7. The fourth-order valence-electron chi connectivity index (χ4n) is 9.52. The van der Waals surface area contributed by atoms with Crippen LogP contribution in [0.4, 0.5) is 16.2 Å². The summed E-state index contributed by atoms with van der Waals surface area (Å²) in [6.07, 6.45) is -3.18. The third-order valence-corrected chi connectivity index (χ3v) is 12.2. The van der Waals surface area contributed by atoms with E-state index in [1.165, 1.54) is 36.4 Å². The fraction of sp³-hybridized carbons (Fsp3) is 0.184. The molecule has 9 rings (SSSR count). The molecule has 14 nitrogen and oxygen atoms in total. The van der Waals surface area contributed by atoms with Crippen molar-refractivity contribution in [2.75, 3.05) is 11.4 Å². The van der Waals surface area contributed by atoms with Crippen molar-refractivity contribution in [1.29, 1.82) is 0 Å². The summed E-state index contributed by atoms with van der Waals surface area (Å²) in [6, 6.07) is 41.9. The SMILES string of the molecule is O=C1O[C@@H](c2ccccc2)[C@@H](c2ccccc2)N2[C@@H](c3ccc(O)cc3)[C@]3(C(=O)N(C(=O)OCc4ccc([N+](=O)[O-])cc4)c4ccccc43)[C@@H](C(=O)NC[C@H](O)c3ccccc3)[C@H]12. The Kier molecular flexibility index (Phi) is 10.8. The van der Waals surface area contributed by atoms with Crippen LogP contribution in [0, 0.1) is 16.0 Å². The van der Waals surface area contributed by atoms with Gasteiger partial charge in [-0.15, -0.1) is 0 Å². The predicted octanol–water partition coefficient (Wildman–Crippen LogP) is 7.15. The van der Waals surface area contributed by atoms with Crippen LogP contribution in [-0.2, 0) is 35.9 Å². The molecule has 0 bridgehead atoms. The number of cyclic esters (lactones) is 1. The molecule has 63 heavy (non-hydrogen) atoms. The van der Waals surface area contributed by atoms with Gasteiger partial charge in [-0.05, 0) is 63.7 Å². The van der Waals surface area contributed by atoms with Gasteiger partial charge in [-0.3, -0.25) is 29.4 Å². The minimum absolute atomic E-state index is 0.0686. The zero-order chi connectivity index (χ0) is 43.8. The number of nitro groups is 1. The first-order valence-electron chi connectivity index (χ1n) is 20.3. The Labute approximate surface area is 361 Å². The van der Waals surface area contributed by atoms with E-state index in [9.17, 15) is 25.1 Å². The lowest BCUT2D eigenvalue weighted by Crippen LogP contribution is -2.56. The van der Waals surface area contributed by atoms with Crippen LogP contribution in [0.1, 0.15) is 57.7 Å². The molecule has 0 aliphatic carbocycles. The molecule has 6 aromatic carbocycles. The summed E-state index contributed by atoms with van der Waals surface area (Å²) in [5.74, 6) is -4.06. The van der Waals surface area contributed by atoms with E-state index in [1.807, 2.05) is 65.6 Å². The van der Waals surface area contributed by atoms with Crippen LogP contribution < -0.4 is 10.2 Å². The number of amides is 3. The lowest BCUT2D eigenvalue weighted by Gasteiger charge is -2.46. The maximum Gasteiger partial charge on any atom is 0.421 e. The average molecular weight is 845 g/mol. The number of fused-ring (bicyclic) bond motifs is 3. The second-order valence-electron chi connectivity index (χ2n) is 15.7. The fourth-order valence-corrected chi connectivity index (χ4v) is 9.52. The zero-order valence-electron chi connectivity index (χ0n) is 33.5. The summed E-state index contributed by atoms with van der Waals surface area (Å²) < 4.78 is 12.2. The van der Waals surface area contributed by atoms with Crippen molar-refractivity contribution >= 4 is 35.3 Å². The summed E-state index contributed by atoms with van der Waals surface area (Å²) >= 11 is 0. The van der Waals surface area contributed by atoms with E-state index in [0.717, 1.165) is 4.90 Å². The Balaban J connectivity index is 1.24. The smallest absolute Gasteiger partial charge is 0.421 e. The summed E-state index contributed by atoms with van der Waals surface area (Å²) in [4.78, 5) is 74.3. The molecule has 0 aromatic heterocycles. The van der Waals surface area contributed by atoms with Gasteiger partial charge in [-0.2, -0.15) is 0 Å². The van der Waals surface area contributed by atoms with Gasteiger partial charge in [0.25, 0.3) is 5.69 Å². The molecule has 0 saturated carbocycles. The lowest BCUT2D eigenvalue weighted by atomic mass is 9.65. The standard InChI is InChI=1S/C49H40N4O10/c54-36-26-22-34(23-27-36)44-49(37-18-10-11-19-38(37)51(47(49)58)48(59)62-29-30-20-24-35(25-21-30)53(60)61)40(45(56)50-28-39(55)31-12-4-1-5-13-31)42-46(57)63-43(33-16-8-3-9-17-33)41(52(42)44)32-14-6-2-7-15-32/h1-27,39-44,54-55H,28-29H2,(H,50,56)/t39-,40+,41+,42+,43-,44-,49+/m0/s1. The van der Waals surface area contributed by atoms with Gasteiger partial charge in [0.1, 0.15) is 29.9 Å². The maximum atomic E-state index is 16.0. The van der Waals surface area contributed by atoms with Crippen LogP contribution in [0.5, 0.6) is 5.75 Å². The van der Waals surface area contributed by atoms with Gasteiger partial charge in [0.15, 0.2) is 0 Å². The van der Waals surface area contributed by atoms with Crippen LogP contribution in [-0.4, -0.2) is 56.5 Å². The normalized spacial score (nSPS) is 23.1. The molecule has 316 valence electrons. The van der Waals surface area contributed by atoms with Gasteiger partial charge in [0, 0.05) is 18.7 Å². The number of nitrogens with zero attached hydrogens (tertiary/aromatic N) is 3. The third kappa shape index (κ3) is 7.04. The number of aliphatic hydroxyl groups excluding tert-OH is 1. The van der Waals surface area contributed by atoms with Crippen LogP contribution in [0.3, 0.4) is 0 Å². The average Bonchev–Trinajstić information content (AvgIpc) is 3.77. The molecule has 14 heteroatoms. The van der Waals surface area contributed by atoms with Crippen molar-refractivity contribution in [3.63, 3.8) is 0 Å². The Hall–Kier alpha value is -7.68. The number of nitro benzene ring substituents is 1. The van der Waals surface area contributed by atoms with Crippen LogP contribution >= 0.6 is 0 Å². The number of hydrogen-bond acceptors (Lipinski definition) is 11. The first kappa shape index (κ1) is 40.7. The molecule has 3 aliphatic heterocycles. The number of aliphatic hydroxyl groups is 1. The van der Waals surface area contributed by atoms with E-state index in [1.54, 1.807) is 66.7 Å². The molecule has 2 saturated heterocycles. The van der Waals surface area contributed by atoms with Gasteiger partial charge in [-0.25, -0.2) is 9.69 Å². The number of anilines is 1. The number of ether oxygens (including phenoxy) is 2. The largest absolute Gasteiger partial charge is 0.508 e. The van der Waals surface area contributed by atoms with Gasteiger partial charge < -0.3 is 25.0 Å². The number of hydrogen-bond donors (Lipinski definition) is 3. The number of esters is 1. The van der Waals surface area contributed by atoms with E-state index in [-0.39, 0.29) is 35.8 Å². The highest BCUT2D eigenvalue weighted by Gasteiger charge is 2.75. The number of aromatic hydroxyl groups is 1. The monoisotopic (exact) mass is 844 g/mol. The third-order valence-electron chi connectivity index (χ3n) is 12.2. The predicted molar refractivity (Wildman–Crippen MR) is 228 cm³/mol. The lowest BCUT2D eigenvalue weighted by molar-refractivity contribution is -0.384. The number of para-hydroxylation sites is 1. The number of morpholine rings is 1. The number of phenolic OH excluding ortho intramolecular Hbond substituents is 1. The Bertz CT molecular complexity index is 2690. The summed E-state index contributed by atoms with van der Waals surface area (Å²) in [6.45, 7) is -0.638. The van der Waals surface area contributed by atoms with Gasteiger partial charge >= 0.3 is 12.1 Å². The topological polar surface area (TPSA) is 189 Å². The van der Waals surface area contributed by atoms with Crippen molar-refractivity contribution in [1.82, 2.24) is 10.2 Å². The zero-order valence-corrected chi connectivity index (χ0v) is 33.5. The molecule has 1 spiro atoms. The van der Waals surface area contributed by atoms with E-state index in [4.69, 9.17) is 9.47 Å². The highest BCUT2D eigenvalue weighted by molar-refractivity contribution is 6.23. The van der Waals surface area contributed by atoms with E-state index in [2.05, 4.69) is 5.32 Å². The van der Waals surface area contributed by atoms with Crippen molar-refractivity contribution in [3.8, 4) is 5.75 Å². The molecule has 3 heterocycles. The van der Waals surface area contributed by atoms with Crippen molar-refractivity contribution in [3.05, 3.63) is 207 Å². The molecule has 3 amide bonds. The number of non-ortho nitro benzene ring substituents is 1. The van der Waals surface area contributed by atoms with Gasteiger partial charge in [0.05, 0.1) is 34.7 Å². The molecule has 3 aliphatic rings. The van der Waals surface area contributed by atoms with E-state index in [0.29, 0.717) is 27.8 Å². The van der Waals surface area contributed by atoms with Crippen LogP contribution in [0.25, 0.3) is 0 Å². The second kappa shape index (κ2) is 16.6. The molecule has 2 fully saturated rings. The summed E-state index contributed by atoms with van der Waals surface area (Å²) in [7, 11) is 0. The van der Waals surface area contributed by atoms with E-state index >= 15 is 14.4 Å². The molecule has 7 atom stereocenters. The van der Waals surface area contributed by atoms with Crippen molar-refractivity contribution in [2.45, 2.75) is 42.4 Å². The number of carbonyl (C=O) groups is 4. The quantitative estimate of drug-likeness (QED) is 0.0722. The number of carbonyl (C=O) groups excluding carboxylic acids is 4. The molecular weight excluding hydrogens is 805 g/mol. The highest BCUT2D eigenvalue weighted by Crippen LogP contribution is 2.65. The number of phenols is 1. The maximum absolute atomic E-state index is 16.0. The molecular formula is C49H40N4O10. The van der Waals surface area contributed by atoms with Crippen molar-refractivity contribution < 1.29 is 43.8 Å². The summed E-state index contributed by atoms with van der Waals surface area (Å²) in [5, 5.41) is 36.0. The Morgan fingerprint density at radius 3 is 2.02 bits per heavy atom. The Morgan fingerprint density at radius 1 is 0.762 bits per heavy atom. The first-order chi connectivity index (χ1) is 30.6. The number of imide groups is 1. The molecule has 0 radical (unpaired) electrons. The molecule has 0 unspecified atom stereocenters. The van der Waals surface area contributed by atoms with Gasteiger partial charge in [0.2, 0.25) is 11.8 Å². The minimum Gasteiger partial charge on any atom is -0.508 e. The number of rotatable bonds is 10. The molecule has 6 aromatic rings. The van der Waals surface area contributed by atoms with Crippen molar-refractivity contribution in [2.24, 2.45) is 5.92 Å². The minimum atomic E-state index is -2.05. The van der Waals surface area contributed by atoms with Crippen LogP contribution in [0.2, 0.25) is 0 Å². The van der Waals surface area contributed by atoms with E-state index < -0.39 is 70.5 Å². The number of benzene rings is 6. The summed E-state index contributed by atoms with van der Waals surface area (Å²) in [5.41, 5.74) is 0.925. The Morgan fingerprint density at radius 2 is 1.37 bits per heavy atom. The first-order valence-corrected chi connectivity index (χ1v) is 20.3. The number of nitrogens with one attached hydrogen (secondary N) is 1.